The summed E-state index contributed by atoms with van der Waals surface area (Å²) >= 11 is 0. The fourth-order valence-corrected chi connectivity index (χ4v) is 1.42. The SMILES string of the molecule is CC(C)=CCCC(C)=CCCC(C)OC=O. The van der Waals surface area contributed by atoms with Crippen LogP contribution in [-0.4, -0.2) is 12.6 Å². The second kappa shape index (κ2) is 9.20. The molecule has 0 radical (unpaired) electrons. The van der Waals surface area contributed by atoms with Crippen molar-refractivity contribution in [2.24, 2.45) is 0 Å². The fraction of sp³-hybridized carbons (Fsp3) is 0.643. The molecule has 0 aliphatic carbocycles. The van der Waals surface area contributed by atoms with Crippen LogP contribution in [0.4, 0.5) is 0 Å². The number of carbonyl (C=O) groups excluding carboxylic acids is 1. The van der Waals surface area contributed by atoms with E-state index in [0.29, 0.717) is 6.47 Å². The predicted octanol–water partition coefficient (Wildman–Crippen LogP) is 4.02. The highest BCUT2D eigenvalue weighted by Gasteiger charge is 1.99. The minimum atomic E-state index is 0.0272. The molecule has 0 aliphatic heterocycles. The van der Waals surface area contributed by atoms with Gasteiger partial charge in [-0.25, -0.2) is 0 Å². The molecule has 1 unspecified atom stereocenters. The van der Waals surface area contributed by atoms with Crippen LogP contribution in [0.5, 0.6) is 0 Å². The zero-order valence-electron chi connectivity index (χ0n) is 11.0. The van der Waals surface area contributed by atoms with E-state index in [1.165, 1.54) is 11.1 Å². The summed E-state index contributed by atoms with van der Waals surface area (Å²) in [5.41, 5.74) is 2.79. The van der Waals surface area contributed by atoms with Crippen LogP contribution in [0.15, 0.2) is 23.3 Å². The second-order valence-electron chi connectivity index (χ2n) is 4.49. The van der Waals surface area contributed by atoms with Gasteiger partial charge in [0.1, 0.15) is 0 Å². The minimum absolute atomic E-state index is 0.0272. The summed E-state index contributed by atoms with van der Waals surface area (Å²) in [5.74, 6) is 0. The maximum atomic E-state index is 10.1. The van der Waals surface area contributed by atoms with Crippen molar-refractivity contribution in [3.8, 4) is 0 Å². The fourth-order valence-electron chi connectivity index (χ4n) is 1.42. The highest BCUT2D eigenvalue weighted by atomic mass is 16.5. The summed E-state index contributed by atoms with van der Waals surface area (Å²) in [5, 5.41) is 0. The molecule has 0 aromatic rings. The first-order chi connectivity index (χ1) is 7.56. The summed E-state index contributed by atoms with van der Waals surface area (Å²) in [6.07, 6.45) is 8.64. The van der Waals surface area contributed by atoms with Gasteiger partial charge in [-0.2, -0.15) is 0 Å². The number of hydrogen-bond donors (Lipinski definition) is 0. The van der Waals surface area contributed by atoms with Crippen molar-refractivity contribution in [2.45, 2.75) is 59.5 Å². The highest BCUT2D eigenvalue weighted by Crippen LogP contribution is 2.10. The van der Waals surface area contributed by atoms with E-state index in [9.17, 15) is 4.79 Å². The number of rotatable bonds is 8. The van der Waals surface area contributed by atoms with Gasteiger partial charge >= 0.3 is 0 Å². The smallest absolute Gasteiger partial charge is 0.293 e. The Hall–Kier alpha value is -1.05. The van der Waals surface area contributed by atoms with Crippen molar-refractivity contribution >= 4 is 6.47 Å². The first-order valence-electron chi connectivity index (χ1n) is 5.94. The third-order valence-corrected chi connectivity index (χ3v) is 2.45. The molecule has 0 amide bonds. The van der Waals surface area contributed by atoms with Crippen molar-refractivity contribution in [1.29, 1.82) is 0 Å². The largest absolute Gasteiger partial charge is 0.465 e. The van der Waals surface area contributed by atoms with Crippen LogP contribution in [0, 0.1) is 0 Å². The van der Waals surface area contributed by atoms with E-state index >= 15 is 0 Å². The van der Waals surface area contributed by atoms with Gasteiger partial charge in [0.25, 0.3) is 6.47 Å². The Morgan fingerprint density at radius 3 is 2.44 bits per heavy atom. The van der Waals surface area contributed by atoms with Crippen LogP contribution in [0.25, 0.3) is 0 Å². The van der Waals surface area contributed by atoms with Crippen molar-refractivity contribution in [3.05, 3.63) is 23.3 Å². The first-order valence-corrected chi connectivity index (χ1v) is 5.94. The van der Waals surface area contributed by atoms with E-state index in [0.717, 1.165) is 25.7 Å². The summed E-state index contributed by atoms with van der Waals surface area (Å²) in [6.45, 7) is 8.84. The number of hydrogen-bond acceptors (Lipinski definition) is 2. The number of carbonyl (C=O) groups is 1. The summed E-state index contributed by atoms with van der Waals surface area (Å²) in [7, 11) is 0. The lowest BCUT2D eigenvalue weighted by atomic mass is 10.1. The molecule has 0 spiro atoms. The molecule has 1 atom stereocenters. The summed E-state index contributed by atoms with van der Waals surface area (Å²) in [4.78, 5) is 10.1. The molecular formula is C14H24O2. The Kier molecular flexibility index (Phi) is 8.59. The molecule has 0 rings (SSSR count). The van der Waals surface area contributed by atoms with Crippen molar-refractivity contribution < 1.29 is 9.53 Å². The van der Waals surface area contributed by atoms with E-state index < -0.39 is 0 Å². The van der Waals surface area contributed by atoms with Crippen LogP contribution < -0.4 is 0 Å². The Bertz CT molecular complexity index is 247. The molecule has 0 bridgehead atoms. The van der Waals surface area contributed by atoms with Crippen molar-refractivity contribution in [3.63, 3.8) is 0 Å². The third kappa shape index (κ3) is 9.50. The monoisotopic (exact) mass is 224 g/mol. The molecular weight excluding hydrogens is 200 g/mol. The molecule has 0 aliphatic rings. The highest BCUT2D eigenvalue weighted by molar-refractivity contribution is 5.37. The molecule has 16 heavy (non-hydrogen) atoms. The van der Waals surface area contributed by atoms with Crippen molar-refractivity contribution in [1.82, 2.24) is 0 Å². The number of ether oxygens (including phenoxy) is 1. The summed E-state index contributed by atoms with van der Waals surface area (Å²) in [6, 6.07) is 0. The van der Waals surface area contributed by atoms with Crippen LogP contribution in [0.1, 0.15) is 53.4 Å². The van der Waals surface area contributed by atoms with E-state index in [1.54, 1.807) is 0 Å². The lowest BCUT2D eigenvalue weighted by Gasteiger charge is -2.07. The Labute approximate surface area is 99.4 Å². The van der Waals surface area contributed by atoms with E-state index in [-0.39, 0.29) is 6.10 Å². The van der Waals surface area contributed by atoms with Gasteiger partial charge in [0.15, 0.2) is 0 Å². The van der Waals surface area contributed by atoms with Gasteiger partial charge in [-0.05, 0) is 53.4 Å². The zero-order chi connectivity index (χ0) is 12.4. The Morgan fingerprint density at radius 1 is 1.19 bits per heavy atom. The summed E-state index contributed by atoms with van der Waals surface area (Å²) < 4.78 is 4.82. The molecule has 0 saturated carbocycles. The van der Waals surface area contributed by atoms with Gasteiger partial charge in [-0.15, -0.1) is 0 Å². The normalized spacial score (nSPS) is 13.1. The Morgan fingerprint density at radius 2 is 1.88 bits per heavy atom. The van der Waals surface area contributed by atoms with E-state index in [1.807, 2.05) is 6.92 Å². The number of allylic oxidation sites excluding steroid dienone is 4. The minimum Gasteiger partial charge on any atom is -0.465 e. The van der Waals surface area contributed by atoms with Crippen LogP contribution in [0.3, 0.4) is 0 Å². The van der Waals surface area contributed by atoms with Crippen LogP contribution in [-0.2, 0) is 9.53 Å². The third-order valence-electron chi connectivity index (χ3n) is 2.45. The molecule has 2 nitrogen and oxygen atoms in total. The maximum absolute atomic E-state index is 10.1. The van der Waals surface area contributed by atoms with Crippen LogP contribution >= 0.6 is 0 Å². The maximum Gasteiger partial charge on any atom is 0.293 e. The van der Waals surface area contributed by atoms with Crippen LogP contribution in [0.2, 0.25) is 0 Å². The quantitative estimate of drug-likeness (QED) is 0.460. The standard InChI is InChI=1S/C14H24O2/c1-12(2)7-5-8-13(3)9-6-10-14(4)16-11-15/h7,9,11,14H,5-6,8,10H2,1-4H3. The molecule has 0 aromatic heterocycles. The molecule has 0 aromatic carbocycles. The van der Waals surface area contributed by atoms with Gasteiger partial charge < -0.3 is 4.74 Å². The van der Waals surface area contributed by atoms with Gasteiger partial charge in [0.2, 0.25) is 0 Å². The van der Waals surface area contributed by atoms with Gasteiger partial charge in [0, 0.05) is 0 Å². The Balaban J connectivity index is 3.70. The predicted molar refractivity (Wildman–Crippen MR) is 68.3 cm³/mol. The van der Waals surface area contributed by atoms with Gasteiger partial charge in [-0.1, -0.05) is 23.3 Å². The van der Waals surface area contributed by atoms with Crippen molar-refractivity contribution in [2.75, 3.05) is 0 Å². The molecule has 2 heteroatoms. The first kappa shape index (κ1) is 14.9. The average molecular weight is 224 g/mol. The molecule has 0 N–H and O–H groups in total. The topological polar surface area (TPSA) is 26.3 Å². The van der Waals surface area contributed by atoms with E-state index in [4.69, 9.17) is 4.74 Å². The average Bonchev–Trinajstić information content (AvgIpc) is 2.17. The zero-order valence-corrected chi connectivity index (χ0v) is 11.0. The van der Waals surface area contributed by atoms with Gasteiger partial charge in [0.05, 0.1) is 6.10 Å². The molecule has 0 fully saturated rings. The lowest BCUT2D eigenvalue weighted by Crippen LogP contribution is -2.05. The lowest BCUT2D eigenvalue weighted by molar-refractivity contribution is -0.132. The second-order valence-corrected chi connectivity index (χ2v) is 4.49. The molecule has 92 valence electrons. The van der Waals surface area contributed by atoms with E-state index in [2.05, 4.69) is 32.9 Å². The molecule has 0 heterocycles. The molecule has 0 saturated heterocycles. The van der Waals surface area contributed by atoms with Gasteiger partial charge in [-0.3, -0.25) is 4.79 Å².